The van der Waals surface area contributed by atoms with Crippen molar-refractivity contribution in [2.24, 2.45) is 0 Å². The Morgan fingerprint density at radius 2 is 1.68 bits per heavy atom. The average Bonchev–Trinajstić information content (AvgIpc) is 2.92. The zero-order valence-corrected chi connectivity index (χ0v) is 10.5. The van der Waals surface area contributed by atoms with E-state index in [4.69, 9.17) is 10.2 Å². The Bertz CT molecular complexity index is 452. The number of rotatable bonds is 3. The van der Waals surface area contributed by atoms with E-state index in [0.717, 1.165) is 6.42 Å². The molecule has 1 unspecified atom stereocenters. The molecule has 1 atom stereocenters. The van der Waals surface area contributed by atoms with Crippen LogP contribution in [0.5, 0.6) is 0 Å². The fourth-order valence-corrected chi connectivity index (χ4v) is 1.46. The van der Waals surface area contributed by atoms with Crippen LogP contribution in [0.15, 0.2) is 36.5 Å². The summed E-state index contributed by atoms with van der Waals surface area (Å²) < 4.78 is 0. The van der Waals surface area contributed by atoms with Crippen molar-refractivity contribution >= 4 is 11.9 Å². The molecule has 0 spiro atoms. The van der Waals surface area contributed by atoms with Crippen molar-refractivity contribution in [1.29, 1.82) is 0 Å². The van der Waals surface area contributed by atoms with E-state index in [9.17, 15) is 9.59 Å². The fraction of sp³-hybridized carbons (Fsp3) is 0.231. The molecule has 0 fully saturated rings. The summed E-state index contributed by atoms with van der Waals surface area (Å²) in [5.41, 5.74) is 5.56. The Hall–Kier alpha value is -2.34. The molecule has 0 saturated heterocycles. The molecule has 2 rings (SSSR count). The molecule has 1 aromatic carbocycles. The maximum absolute atomic E-state index is 10.5. The second-order valence-electron chi connectivity index (χ2n) is 3.82. The zero-order valence-electron chi connectivity index (χ0n) is 10.5. The van der Waals surface area contributed by atoms with Crippen LogP contribution in [0.2, 0.25) is 0 Å². The molecular weight excluding hydrogens is 248 g/mol. The molecule has 6 nitrogen and oxygen atoms in total. The minimum absolute atomic E-state index is 0.190. The predicted octanol–water partition coefficient (Wildman–Crippen LogP) is 1.47. The van der Waals surface area contributed by atoms with Gasteiger partial charge in [0.05, 0.1) is 11.1 Å². The molecule has 4 N–H and O–H groups in total. The van der Waals surface area contributed by atoms with Crippen molar-refractivity contribution in [2.75, 3.05) is 0 Å². The lowest BCUT2D eigenvalue weighted by Gasteiger charge is -2.01. The van der Waals surface area contributed by atoms with Crippen LogP contribution in [-0.2, 0) is 0 Å². The number of hydrazine groups is 1. The van der Waals surface area contributed by atoms with Gasteiger partial charge in [-0.25, -0.2) is 15.0 Å². The first kappa shape index (κ1) is 14.7. The van der Waals surface area contributed by atoms with Crippen molar-refractivity contribution in [3.05, 3.63) is 47.7 Å². The van der Waals surface area contributed by atoms with Gasteiger partial charge in [0.1, 0.15) is 0 Å². The number of hydrogen-bond donors (Lipinski definition) is 4. The first-order valence-electron chi connectivity index (χ1n) is 5.79. The Morgan fingerprint density at radius 3 is 1.95 bits per heavy atom. The molecule has 0 aromatic heterocycles. The van der Waals surface area contributed by atoms with Gasteiger partial charge in [0.2, 0.25) is 0 Å². The van der Waals surface area contributed by atoms with Gasteiger partial charge in [0.15, 0.2) is 0 Å². The van der Waals surface area contributed by atoms with E-state index in [-0.39, 0.29) is 11.1 Å². The van der Waals surface area contributed by atoms with Crippen molar-refractivity contribution in [3.8, 4) is 0 Å². The number of aromatic carboxylic acids is 2. The first-order valence-corrected chi connectivity index (χ1v) is 5.79. The fourth-order valence-electron chi connectivity index (χ4n) is 1.46. The monoisotopic (exact) mass is 264 g/mol. The quantitative estimate of drug-likeness (QED) is 0.660. The summed E-state index contributed by atoms with van der Waals surface area (Å²) in [6.45, 7) is 2.15. The average molecular weight is 264 g/mol. The molecule has 1 aliphatic heterocycles. The molecule has 102 valence electrons. The Morgan fingerprint density at radius 1 is 1.16 bits per heavy atom. The van der Waals surface area contributed by atoms with E-state index in [0.29, 0.717) is 6.04 Å². The summed E-state index contributed by atoms with van der Waals surface area (Å²) in [7, 11) is 0. The van der Waals surface area contributed by atoms with Gasteiger partial charge in [-0.15, -0.1) is 0 Å². The molecule has 1 aromatic rings. The Labute approximate surface area is 110 Å². The molecular formula is C13H16N2O4. The first-order chi connectivity index (χ1) is 9.06. The highest BCUT2D eigenvalue weighted by atomic mass is 16.4. The van der Waals surface area contributed by atoms with Crippen LogP contribution in [0.25, 0.3) is 0 Å². The molecule has 0 amide bonds. The van der Waals surface area contributed by atoms with Gasteiger partial charge in [-0.05, 0) is 24.6 Å². The van der Waals surface area contributed by atoms with E-state index >= 15 is 0 Å². The van der Waals surface area contributed by atoms with Gasteiger partial charge in [0, 0.05) is 12.2 Å². The normalized spacial score (nSPS) is 16.2. The number of carbonyl (C=O) groups is 2. The number of carboxylic acid groups (broad SMARTS) is 2. The molecule has 0 bridgehead atoms. The van der Waals surface area contributed by atoms with E-state index in [1.54, 1.807) is 0 Å². The molecule has 1 heterocycles. The van der Waals surface area contributed by atoms with Gasteiger partial charge in [-0.2, -0.15) is 0 Å². The largest absolute Gasteiger partial charge is 0.478 e. The molecule has 0 saturated carbocycles. The molecule has 19 heavy (non-hydrogen) atoms. The maximum Gasteiger partial charge on any atom is 0.336 e. The SMILES string of the molecule is CCC1C=CNN1.O=C(O)c1ccccc1C(=O)O. The lowest BCUT2D eigenvalue weighted by Crippen LogP contribution is -2.29. The highest BCUT2D eigenvalue weighted by Gasteiger charge is 2.13. The van der Waals surface area contributed by atoms with Crippen molar-refractivity contribution in [3.63, 3.8) is 0 Å². The highest BCUT2D eigenvalue weighted by molar-refractivity contribution is 6.01. The van der Waals surface area contributed by atoms with Crippen LogP contribution in [0.1, 0.15) is 34.1 Å². The third kappa shape index (κ3) is 4.44. The van der Waals surface area contributed by atoms with Gasteiger partial charge in [-0.3, -0.25) is 0 Å². The Kier molecular flexibility index (Phi) is 5.56. The summed E-state index contributed by atoms with van der Waals surface area (Å²) in [6, 6.07) is 6.03. The van der Waals surface area contributed by atoms with E-state index < -0.39 is 11.9 Å². The minimum Gasteiger partial charge on any atom is -0.478 e. The molecule has 0 aliphatic carbocycles. The van der Waals surface area contributed by atoms with Crippen molar-refractivity contribution < 1.29 is 19.8 Å². The van der Waals surface area contributed by atoms with Gasteiger partial charge < -0.3 is 15.6 Å². The third-order valence-electron chi connectivity index (χ3n) is 2.51. The lowest BCUT2D eigenvalue weighted by molar-refractivity contribution is 0.0651. The smallest absolute Gasteiger partial charge is 0.336 e. The van der Waals surface area contributed by atoms with E-state index in [1.165, 1.54) is 24.3 Å². The van der Waals surface area contributed by atoms with Crippen molar-refractivity contribution in [1.82, 2.24) is 10.9 Å². The highest BCUT2D eigenvalue weighted by Crippen LogP contribution is 2.07. The van der Waals surface area contributed by atoms with Crippen LogP contribution in [0.3, 0.4) is 0 Å². The second kappa shape index (κ2) is 7.17. The summed E-state index contributed by atoms with van der Waals surface area (Å²) in [5.74, 6) is -2.46. The van der Waals surface area contributed by atoms with Gasteiger partial charge in [-0.1, -0.05) is 19.1 Å². The number of carboxylic acids is 2. The zero-order chi connectivity index (χ0) is 14.3. The molecule has 0 radical (unpaired) electrons. The maximum atomic E-state index is 10.5. The number of nitrogens with one attached hydrogen (secondary N) is 2. The van der Waals surface area contributed by atoms with Crippen LogP contribution in [-0.4, -0.2) is 28.2 Å². The number of benzene rings is 1. The summed E-state index contributed by atoms with van der Waals surface area (Å²) >= 11 is 0. The summed E-state index contributed by atoms with van der Waals surface area (Å²) in [5, 5.41) is 17.1. The van der Waals surface area contributed by atoms with Gasteiger partial charge in [0.25, 0.3) is 0 Å². The number of hydrogen-bond acceptors (Lipinski definition) is 4. The predicted molar refractivity (Wildman–Crippen MR) is 69.9 cm³/mol. The summed E-state index contributed by atoms with van der Waals surface area (Å²) in [4.78, 5) is 20.9. The van der Waals surface area contributed by atoms with Gasteiger partial charge >= 0.3 is 11.9 Å². The minimum atomic E-state index is -1.23. The molecule has 1 aliphatic rings. The van der Waals surface area contributed by atoms with Crippen molar-refractivity contribution in [2.45, 2.75) is 19.4 Å². The van der Waals surface area contributed by atoms with Crippen LogP contribution in [0, 0.1) is 0 Å². The molecule has 6 heteroatoms. The standard InChI is InChI=1S/C8H6O4.C5H10N2/c9-7(10)5-3-1-2-4-6(5)8(11)12;1-2-5-3-4-6-7-5/h1-4H,(H,9,10)(H,11,12);3-7H,2H2,1H3. The lowest BCUT2D eigenvalue weighted by atomic mass is 10.1. The van der Waals surface area contributed by atoms with Crippen LogP contribution in [0.4, 0.5) is 0 Å². The summed E-state index contributed by atoms with van der Waals surface area (Å²) in [6.07, 6.45) is 5.19. The van der Waals surface area contributed by atoms with E-state index in [1.807, 2.05) is 6.20 Å². The van der Waals surface area contributed by atoms with Crippen LogP contribution < -0.4 is 10.9 Å². The topological polar surface area (TPSA) is 98.7 Å². The third-order valence-corrected chi connectivity index (χ3v) is 2.51. The van der Waals surface area contributed by atoms with E-state index in [2.05, 4.69) is 23.9 Å². The Balaban J connectivity index is 0.000000218. The van der Waals surface area contributed by atoms with Crippen LogP contribution >= 0.6 is 0 Å². The second-order valence-corrected chi connectivity index (χ2v) is 3.82.